The van der Waals surface area contributed by atoms with Gasteiger partial charge in [-0.2, -0.15) is 0 Å². The monoisotopic (exact) mass is 357 g/mol. The van der Waals surface area contributed by atoms with Gasteiger partial charge in [-0.15, -0.1) is 0 Å². The molecular formula is C14H13Cl2N3O2S. The second-order valence-corrected chi connectivity index (χ2v) is 5.76. The Kier molecular flexibility index (Phi) is 5.88. The Bertz CT molecular complexity index is 681. The molecule has 1 aromatic heterocycles. The predicted molar refractivity (Wildman–Crippen MR) is 88.9 cm³/mol. The van der Waals surface area contributed by atoms with E-state index >= 15 is 0 Å². The lowest BCUT2D eigenvalue weighted by Crippen LogP contribution is -2.12. The zero-order chi connectivity index (χ0) is 16.1. The number of carbonyl (C=O) groups excluding carboxylic acids is 1. The van der Waals surface area contributed by atoms with Crippen molar-refractivity contribution in [3.8, 4) is 0 Å². The number of nitrogens with zero attached hydrogens (tertiary/aromatic N) is 2. The number of anilines is 1. The molecule has 0 aliphatic carbocycles. The van der Waals surface area contributed by atoms with Crippen LogP contribution in [0.2, 0.25) is 10.2 Å². The Hall–Kier alpha value is -1.50. The average molecular weight is 358 g/mol. The minimum atomic E-state index is -0.587. The van der Waals surface area contributed by atoms with Gasteiger partial charge in [-0.1, -0.05) is 47.1 Å². The second-order valence-electron chi connectivity index (χ2n) is 4.20. The van der Waals surface area contributed by atoms with E-state index in [1.54, 1.807) is 12.1 Å². The van der Waals surface area contributed by atoms with Gasteiger partial charge in [-0.25, -0.2) is 14.8 Å². The normalized spacial score (nSPS) is 10.4. The molecule has 0 aliphatic heterocycles. The summed E-state index contributed by atoms with van der Waals surface area (Å²) in [4.78, 5) is 20.2. The first-order chi connectivity index (χ1) is 10.5. The molecule has 0 amide bonds. The van der Waals surface area contributed by atoms with Crippen LogP contribution in [0.4, 0.5) is 5.82 Å². The van der Waals surface area contributed by atoms with Gasteiger partial charge in [0.25, 0.3) is 0 Å². The molecule has 0 aliphatic rings. The Morgan fingerprint density at radius 2 is 1.95 bits per heavy atom. The van der Waals surface area contributed by atoms with E-state index in [0.717, 1.165) is 5.56 Å². The van der Waals surface area contributed by atoms with Crippen LogP contribution in [-0.2, 0) is 11.3 Å². The van der Waals surface area contributed by atoms with Gasteiger partial charge in [-0.3, -0.25) is 0 Å². The summed E-state index contributed by atoms with van der Waals surface area (Å²) < 4.78 is 4.73. The third kappa shape index (κ3) is 4.03. The minimum absolute atomic E-state index is 0.0600. The van der Waals surface area contributed by atoms with E-state index in [0.29, 0.717) is 22.5 Å². The molecule has 22 heavy (non-hydrogen) atoms. The number of carbonyl (C=O) groups is 1. The first-order valence-corrected chi connectivity index (χ1v) is 8.21. The fraction of sp³-hybridized carbons (Fsp3) is 0.214. The Morgan fingerprint density at radius 1 is 1.27 bits per heavy atom. The van der Waals surface area contributed by atoms with Gasteiger partial charge in [0.05, 0.1) is 7.11 Å². The zero-order valence-electron chi connectivity index (χ0n) is 11.9. The maximum Gasteiger partial charge on any atom is 0.344 e. The molecule has 1 aromatic carbocycles. The number of nitrogens with one attached hydrogen (secondary N) is 1. The molecule has 8 heteroatoms. The number of thioether (sulfide) groups is 1. The van der Waals surface area contributed by atoms with E-state index in [4.69, 9.17) is 27.9 Å². The largest absolute Gasteiger partial charge is 0.465 e. The van der Waals surface area contributed by atoms with Crippen LogP contribution in [0.25, 0.3) is 0 Å². The topological polar surface area (TPSA) is 64.1 Å². The van der Waals surface area contributed by atoms with Crippen molar-refractivity contribution in [1.29, 1.82) is 0 Å². The van der Waals surface area contributed by atoms with Crippen LogP contribution < -0.4 is 5.32 Å². The van der Waals surface area contributed by atoms with Gasteiger partial charge >= 0.3 is 5.97 Å². The van der Waals surface area contributed by atoms with E-state index in [1.165, 1.54) is 18.9 Å². The number of esters is 1. The summed E-state index contributed by atoms with van der Waals surface area (Å²) in [6.07, 6.45) is 1.83. The summed E-state index contributed by atoms with van der Waals surface area (Å²) in [7, 11) is 1.28. The number of halogens is 2. The Balaban J connectivity index is 2.29. The highest BCUT2D eigenvalue weighted by Gasteiger charge is 2.20. The van der Waals surface area contributed by atoms with Gasteiger partial charge in [-0.05, 0) is 24.0 Å². The maximum atomic E-state index is 11.9. The van der Waals surface area contributed by atoms with E-state index in [9.17, 15) is 4.79 Å². The first-order valence-electron chi connectivity index (χ1n) is 6.23. The van der Waals surface area contributed by atoms with Crippen LogP contribution in [-0.4, -0.2) is 29.3 Å². The highest BCUT2D eigenvalue weighted by molar-refractivity contribution is 7.98. The maximum absolute atomic E-state index is 11.9. The molecule has 0 fully saturated rings. The molecule has 0 unspecified atom stereocenters. The van der Waals surface area contributed by atoms with E-state index in [2.05, 4.69) is 15.3 Å². The van der Waals surface area contributed by atoms with Gasteiger partial charge in [0.2, 0.25) is 0 Å². The smallest absolute Gasteiger partial charge is 0.344 e. The summed E-state index contributed by atoms with van der Waals surface area (Å²) in [5, 5.41) is 4.28. The third-order valence-electron chi connectivity index (χ3n) is 2.79. The minimum Gasteiger partial charge on any atom is -0.465 e. The van der Waals surface area contributed by atoms with Gasteiger partial charge < -0.3 is 10.1 Å². The van der Waals surface area contributed by atoms with Crippen LogP contribution in [0.15, 0.2) is 29.4 Å². The van der Waals surface area contributed by atoms with Crippen molar-refractivity contribution in [2.24, 2.45) is 0 Å². The molecule has 0 spiro atoms. The van der Waals surface area contributed by atoms with Gasteiger partial charge in [0, 0.05) is 11.6 Å². The van der Waals surface area contributed by atoms with Gasteiger partial charge in [0.1, 0.15) is 16.5 Å². The molecule has 0 saturated carbocycles. The highest BCUT2D eigenvalue weighted by atomic mass is 35.5. The van der Waals surface area contributed by atoms with E-state index < -0.39 is 5.97 Å². The summed E-state index contributed by atoms with van der Waals surface area (Å²) in [5.74, 6) is -0.248. The number of benzene rings is 1. The second kappa shape index (κ2) is 7.67. The van der Waals surface area contributed by atoms with Crippen LogP contribution in [0.5, 0.6) is 0 Å². The summed E-state index contributed by atoms with van der Waals surface area (Å²) in [6, 6.07) is 7.34. The van der Waals surface area contributed by atoms with Crippen molar-refractivity contribution in [2.45, 2.75) is 11.7 Å². The van der Waals surface area contributed by atoms with Crippen molar-refractivity contribution in [1.82, 2.24) is 9.97 Å². The molecule has 0 radical (unpaired) electrons. The summed E-state index contributed by atoms with van der Waals surface area (Å²) in [6.45, 7) is 0.461. The van der Waals surface area contributed by atoms with Crippen molar-refractivity contribution in [3.05, 3.63) is 45.6 Å². The number of ether oxygens (including phenoxy) is 1. The van der Waals surface area contributed by atoms with Crippen molar-refractivity contribution in [2.75, 3.05) is 18.7 Å². The summed E-state index contributed by atoms with van der Waals surface area (Å²) in [5.41, 5.74) is 1.11. The fourth-order valence-corrected chi connectivity index (χ4v) is 2.49. The lowest BCUT2D eigenvalue weighted by Gasteiger charge is -2.12. The van der Waals surface area contributed by atoms with Crippen LogP contribution >= 0.6 is 35.0 Å². The molecule has 1 N–H and O–H groups in total. The number of rotatable bonds is 5. The lowest BCUT2D eigenvalue weighted by molar-refractivity contribution is 0.0601. The van der Waals surface area contributed by atoms with E-state index in [1.807, 2.05) is 18.4 Å². The molecule has 0 atom stereocenters. The van der Waals surface area contributed by atoms with Crippen molar-refractivity contribution >= 4 is 46.8 Å². The molecule has 0 bridgehead atoms. The van der Waals surface area contributed by atoms with E-state index in [-0.39, 0.29) is 10.7 Å². The Labute approximate surface area is 142 Å². The number of hydrogen-bond donors (Lipinski definition) is 1. The zero-order valence-corrected chi connectivity index (χ0v) is 14.2. The van der Waals surface area contributed by atoms with Crippen LogP contribution in [0, 0.1) is 0 Å². The lowest BCUT2D eigenvalue weighted by atomic mass is 10.2. The highest BCUT2D eigenvalue weighted by Crippen LogP contribution is 2.25. The SMILES string of the molecule is COC(=O)c1c(Cl)nc(SC)nc1NCc1ccc(Cl)cc1. The van der Waals surface area contributed by atoms with Crippen LogP contribution in [0.3, 0.4) is 0 Å². The molecule has 2 aromatic rings. The van der Waals surface area contributed by atoms with Crippen molar-refractivity contribution < 1.29 is 9.53 Å². The fourth-order valence-electron chi connectivity index (χ4n) is 1.70. The molecule has 116 valence electrons. The summed E-state index contributed by atoms with van der Waals surface area (Å²) >= 11 is 13.3. The molecule has 0 saturated heterocycles. The Morgan fingerprint density at radius 3 is 2.55 bits per heavy atom. The average Bonchev–Trinajstić information content (AvgIpc) is 2.53. The molecule has 1 heterocycles. The predicted octanol–water partition coefficient (Wildman–Crippen LogP) is 3.90. The van der Waals surface area contributed by atoms with Gasteiger partial charge in [0.15, 0.2) is 5.16 Å². The van der Waals surface area contributed by atoms with Crippen molar-refractivity contribution in [3.63, 3.8) is 0 Å². The molecule has 5 nitrogen and oxygen atoms in total. The van der Waals surface area contributed by atoms with Crippen LogP contribution in [0.1, 0.15) is 15.9 Å². The number of hydrogen-bond acceptors (Lipinski definition) is 6. The number of methoxy groups -OCH3 is 1. The third-order valence-corrected chi connectivity index (χ3v) is 3.86. The quantitative estimate of drug-likeness (QED) is 0.379. The molecular weight excluding hydrogens is 345 g/mol. The molecule has 2 rings (SSSR count). The number of aromatic nitrogens is 2. The first kappa shape index (κ1) is 16.9. The standard InChI is InChI=1S/C14H13Cl2N3O2S/c1-21-13(20)10-11(16)18-14(22-2)19-12(10)17-7-8-3-5-9(15)6-4-8/h3-6H,7H2,1-2H3,(H,17,18,19).